The van der Waals surface area contributed by atoms with Crippen LogP contribution in [0.5, 0.6) is 0 Å². The monoisotopic (exact) mass is 1340 g/mol. The molecule has 104 heavy (non-hydrogen) atoms. The van der Waals surface area contributed by atoms with E-state index in [0.29, 0.717) is 0 Å². The van der Waals surface area contributed by atoms with E-state index < -0.39 is 0 Å². The van der Waals surface area contributed by atoms with Gasteiger partial charge in [-0.1, -0.05) is 361 Å². The molecular formula is C102H88N2. The zero-order chi connectivity index (χ0) is 71.7. The van der Waals surface area contributed by atoms with Crippen LogP contribution in [-0.2, 0) is 0 Å². The summed E-state index contributed by atoms with van der Waals surface area (Å²) < 4.78 is 0. The third-order valence-corrected chi connectivity index (χ3v) is 19.0. The van der Waals surface area contributed by atoms with Gasteiger partial charge in [0, 0.05) is 34.1 Å². The first-order chi connectivity index (χ1) is 50.7. The summed E-state index contributed by atoms with van der Waals surface area (Å²) in [4.78, 5) is 4.72. The van der Waals surface area contributed by atoms with Crippen LogP contribution in [0.3, 0.4) is 0 Å². The number of anilines is 6. The molecule has 0 fully saturated rings. The summed E-state index contributed by atoms with van der Waals surface area (Å²) in [6, 6.07) is 110. The van der Waals surface area contributed by atoms with Crippen molar-refractivity contribution in [3.05, 3.63) is 450 Å². The SMILES string of the molecule is Cc1ccc(C(=CC=Cc2ccc(/C=C/c3ccc(N(c4ccc(/C=C/c5ccc(/C=C/c6ccc(N(c7ccc(C=Cc8ccc(/C=C/C=C(c9ccc(C)cc9)c9ccc(C)cc9)cc8)cc7)c7ccc(C)cc7C)cc6)cc5)cc4)c4ccc(C)cc4C)cc3)cc2)c2ccc(C)cc2)cc1. The van der Waals surface area contributed by atoms with Gasteiger partial charge in [-0.15, -0.1) is 0 Å². The zero-order valence-corrected chi connectivity index (χ0v) is 60.8. The Labute approximate surface area is 617 Å². The van der Waals surface area contributed by atoms with Crippen LogP contribution in [0.15, 0.2) is 328 Å². The van der Waals surface area contributed by atoms with E-state index in [1.165, 1.54) is 77.9 Å². The predicted octanol–water partition coefficient (Wildman–Crippen LogP) is 28.1. The first-order valence-electron chi connectivity index (χ1n) is 36.0. The molecule has 13 rings (SSSR count). The molecule has 0 aliphatic rings. The van der Waals surface area contributed by atoms with Gasteiger partial charge >= 0.3 is 0 Å². The average molecular weight is 1340 g/mol. The molecule has 0 aromatic heterocycles. The highest BCUT2D eigenvalue weighted by molar-refractivity contribution is 5.86. The lowest BCUT2D eigenvalue weighted by Crippen LogP contribution is -2.11. The van der Waals surface area contributed by atoms with Crippen LogP contribution in [0.1, 0.15) is 122 Å². The van der Waals surface area contributed by atoms with Crippen molar-refractivity contribution in [2.45, 2.75) is 55.4 Å². The second-order valence-corrected chi connectivity index (χ2v) is 27.3. The fourth-order valence-corrected chi connectivity index (χ4v) is 13.0. The molecule has 0 spiro atoms. The van der Waals surface area contributed by atoms with E-state index in [1.54, 1.807) is 0 Å². The second-order valence-electron chi connectivity index (χ2n) is 27.3. The smallest absolute Gasteiger partial charge is 0.0490 e. The molecule has 0 unspecified atom stereocenters. The van der Waals surface area contributed by atoms with Crippen LogP contribution in [0, 0.1) is 55.4 Å². The van der Waals surface area contributed by atoms with E-state index in [-0.39, 0.29) is 0 Å². The van der Waals surface area contributed by atoms with E-state index in [4.69, 9.17) is 0 Å². The summed E-state index contributed by atoms with van der Waals surface area (Å²) in [5.41, 5.74) is 35.3. The molecule has 0 atom stereocenters. The van der Waals surface area contributed by atoms with Gasteiger partial charge in [0.15, 0.2) is 0 Å². The number of allylic oxidation sites excluding steroid dienone is 4. The van der Waals surface area contributed by atoms with Crippen LogP contribution < -0.4 is 9.80 Å². The normalized spacial score (nSPS) is 11.6. The lowest BCUT2D eigenvalue weighted by Gasteiger charge is -2.27. The zero-order valence-electron chi connectivity index (χ0n) is 60.8. The van der Waals surface area contributed by atoms with Crippen molar-refractivity contribution in [2.24, 2.45) is 0 Å². The van der Waals surface area contributed by atoms with Crippen LogP contribution in [0.4, 0.5) is 34.1 Å². The van der Waals surface area contributed by atoms with Gasteiger partial charge < -0.3 is 9.80 Å². The van der Waals surface area contributed by atoms with Gasteiger partial charge in [-0.05, 0) is 216 Å². The maximum absolute atomic E-state index is 2.36. The number of nitrogens with zero attached hydrogens (tertiary/aromatic N) is 2. The molecule has 0 bridgehead atoms. The highest BCUT2D eigenvalue weighted by atomic mass is 15.1. The Morgan fingerprint density at radius 2 is 0.375 bits per heavy atom. The maximum atomic E-state index is 2.36. The molecule has 0 N–H and O–H groups in total. The van der Waals surface area contributed by atoms with E-state index in [1.807, 2.05) is 0 Å². The van der Waals surface area contributed by atoms with Gasteiger partial charge in [-0.2, -0.15) is 0 Å². The topological polar surface area (TPSA) is 6.48 Å². The Kier molecular flexibility index (Phi) is 22.3. The Morgan fingerprint density at radius 3 is 0.577 bits per heavy atom. The lowest BCUT2D eigenvalue weighted by molar-refractivity contribution is 1.24. The van der Waals surface area contributed by atoms with Crippen molar-refractivity contribution in [1.29, 1.82) is 0 Å². The van der Waals surface area contributed by atoms with Crippen molar-refractivity contribution in [1.82, 2.24) is 0 Å². The summed E-state index contributed by atoms with van der Waals surface area (Å²) >= 11 is 0. The number of rotatable bonds is 22. The van der Waals surface area contributed by atoms with Crippen molar-refractivity contribution < 1.29 is 0 Å². The summed E-state index contributed by atoms with van der Waals surface area (Å²) in [7, 11) is 0. The van der Waals surface area contributed by atoms with Crippen LogP contribution in [-0.4, -0.2) is 0 Å². The molecule has 2 heteroatoms. The number of hydrogen-bond acceptors (Lipinski definition) is 2. The first-order valence-corrected chi connectivity index (χ1v) is 36.0. The summed E-state index contributed by atoms with van der Waals surface area (Å²) in [5.74, 6) is 0. The highest BCUT2D eigenvalue weighted by Crippen LogP contribution is 2.40. The molecule has 0 saturated carbocycles. The minimum atomic E-state index is 1.10. The van der Waals surface area contributed by atoms with Crippen molar-refractivity contribution >= 4 is 106 Å². The third-order valence-electron chi connectivity index (χ3n) is 19.0. The standard InChI is InChI=1S/C102H88N2/c1-73-15-53-91(54-16-73)99(92-55-17-74(2)18-56-92)13-9-11-81-25-29-83(30-26-81)37-41-87-45-61-95(62-46-87)103(101-69-23-77(5)71-79(101)7)97-65-49-89(50-66-97)43-39-85-33-35-86(36-34-85)40-44-90-51-67-98(68-52-90)104(102-70-24-78(6)72-80(102)8)96-63-47-88(48-64-96)42-38-84-31-27-82(28-32-84)12-10-14-100(93-57-19-75(3)20-58-93)94-59-21-76(4)22-60-94/h9-72H,1-8H3/b11-9+,12-10?,41-37?,42-38+,43-39+,44-40+. The molecule has 0 aliphatic carbocycles. The molecule has 13 aromatic rings. The van der Waals surface area contributed by atoms with E-state index >= 15 is 0 Å². The van der Waals surface area contributed by atoms with Crippen molar-refractivity contribution in [3.8, 4) is 0 Å². The fourth-order valence-electron chi connectivity index (χ4n) is 13.0. The lowest BCUT2D eigenvalue weighted by atomic mass is 9.96. The Balaban J connectivity index is 0.630. The Morgan fingerprint density at radius 1 is 0.192 bits per heavy atom. The van der Waals surface area contributed by atoms with Crippen LogP contribution in [0.2, 0.25) is 0 Å². The average Bonchev–Trinajstić information content (AvgIpc) is 0.831. The Hall–Kier alpha value is -12.6. The second kappa shape index (κ2) is 33.2. The van der Waals surface area contributed by atoms with Crippen molar-refractivity contribution in [3.63, 3.8) is 0 Å². The Bertz CT molecular complexity index is 4870. The molecule has 2 nitrogen and oxygen atoms in total. The summed E-state index contributed by atoms with van der Waals surface area (Å²) in [6.45, 7) is 17.2. The molecule has 0 saturated heterocycles. The molecule has 0 amide bonds. The third kappa shape index (κ3) is 18.3. The number of aryl methyl sites for hydroxylation is 8. The molecule has 506 valence electrons. The molecule has 0 heterocycles. The minimum Gasteiger partial charge on any atom is -0.310 e. The minimum absolute atomic E-state index is 1.10. The fraction of sp³-hybridized carbons (Fsp3) is 0.0784. The van der Waals surface area contributed by atoms with Gasteiger partial charge in [-0.3, -0.25) is 0 Å². The van der Waals surface area contributed by atoms with E-state index in [9.17, 15) is 0 Å². The van der Waals surface area contributed by atoms with Gasteiger partial charge in [0.1, 0.15) is 0 Å². The quantitative estimate of drug-likeness (QED) is 0.0493. The summed E-state index contributed by atoms with van der Waals surface area (Å²) in [6.07, 6.45) is 30.6. The van der Waals surface area contributed by atoms with Crippen molar-refractivity contribution in [2.75, 3.05) is 9.80 Å². The molecule has 13 aromatic carbocycles. The largest absolute Gasteiger partial charge is 0.310 e. The maximum Gasteiger partial charge on any atom is 0.0490 e. The highest BCUT2D eigenvalue weighted by Gasteiger charge is 2.17. The van der Waals surface area contributed by atoms with Gasteiger partial charge in [0.05, 0.1) is 0 Å². The first kappa shape index (κ1) is 69.8. The van der Waals surface area contributed by atoms with Crippen LogP contribution >= 0.6 is 0 Å². The van der Waals surface area contributed by atoms with Gasteiger partial charge in [0.2, 0.25) is 0 Å². The van der Waals surface area contributed by atoms with Gasteiger partial charge in [0.25, 0.3) is 0 Å². The molecule has 0 radical (unpaired) electrons. The van der Waals surface area contributed by atoms with E-state index in [0.717, 1.165) is 89.8 Å². The number of benzene rings is 13. The van der Waals surface area contributed by atoms with Crippen LogP contribution in [0.25, 0.3) is 71.9 Å². The number of hydrogen-bond donors (Lipinski definition) is 0. The molecule has 0 aliphatic heterocycles. The van der Waals surface area contributed by atoms with Gasteiger partial charge in [-0.25, -0.2) is 0 Å². The molecular weight excluding hydrogens is 1250 g/mol. The predicted molar refractivity (Wildman–Crippen MR) is 453 cm³/mol. The van der Waals surface area contributed by atoms with E-state index in [2.05, 4.69) is 454 Å². The summed E-state index contributed by atoms with van der Waals surface area (Å²) in [5, 5.41) is 0.